The van der Waals surface area contributed by atoms with Crippen LogP contribution in [-0.2, 0) is 4.79 Å². The average Bonchev–Trinajstić information content (AvgIpc) is 3.05. The molecule has 1 heterocycles. The third-order valence-corrected chi connectivity index (χ3v) is 4.00. The summed E-state index contributed by atoms with van der Waals surface area (Å²) in [5, 5.41) is 4.54. The molecule has 0 fully saturated rings. The molecule has 1 N–H and O–H groups in total. The lowest BCUT2D eigenvalue weighted by Gasteiger charge is -1.98. The summed E-state index contributed by atoms with van der Waals surface area (Å²) in [5.41, 5.74) is 1.53. The van der Waals surface area contributed by atoms with Crippen molar-refractivity contribution in [1.82, 2.24) is 4.98 Å². The molecule has 2 aromatic carbocycles. The fourth-order valence-electron chi connectivity index (χ4n) is 2.01. The number of anilines is 1. The monoisotopic (exact) mass is 360 g/mol. The van der Waals surface area contributed by atoms with Gasteiger partial charge in [0.25, 0.3) is 0 Å². The first-order chi connectivity index (χ1) is 12.0. The highest BCUT2D eigenvalue weighted by atomic mass is 32.1. The van der Waals surface area contributed by atoms with Crippen molar-refractivity contribution in [2.45, 2.75) is 0 Å². The van der Waals surface area contributed by atoms with Gasteiger partial charge in [-0.25, -0.2) is 18.2 Å². The SMILES string of the molecule is O=C(/C=C/c1ccc(F)cc1)Nc1nc(-c2ccc(F)c(F)c2)cs1. The van der Waals surface area contributed by atoms with Gasteiger partial charge in [0.15, 0.2) is 16.8 Å². The fraction of sp³-hybridized carbons (Fsp3) is 0. The molecule has 3 nitrogen and oxygen atoms in total. The zero-order valence-corrected chi connectivity index (χ0v) is 13.5. The van der Waals surface area contributed by atoms with Gasteiger partial charge in [-0.05, 0) is 42.0 Å². The summed E-state index contributed by atoms with van der Waals surface area (Å²) in [5.74, 6) is -2.65. The molecule has 126 valence electrons. The predicted molar refractivity (Wildman–Crippen MR) is 91.5 cm³/mol. The average molecular weight is 360 g/mol. The minimum atomic E-state index is -0.960. The van der Waals surface area contributed by atoms with Gasteiger partial charge in [0.05, 0.1) is 5.69 Å². The van der Waals surface area contributed by atoms with Crippen LogP contribution in [0.1, 0.15) is 5.56 Å². The summed E-state index contributed by atoms with van der Waals surface area (Å²) in [6.45, 7) is 0. The second kappa shape index (κ2) is 7.31. The predicted octanol–water partition coefficient (Wildman–Crippen LogP) is 4.88. The molecule has 0 atom stereocenters. The number of thiazole rings is 1. The third-order valence-electron chi connectivity index (χ3n) is 3.25. The fourth-order valence-corrected chi connectivity index (χ4v) is 2.73. The molecule has 0 bridgehead atoms. The number of halogens is 3. The van der Waals surface area contributed by atoms with E-state index in [1.807, 2.05) is 0 Å². The van der Waals surface area contributed by atoms with Crippen molar-refractivity contribution in [3.63, 3.8) is 0 Å². The quantitative estimate of drug-likeness (QED) is 0.674. The molecule has 0 radical (unpaired) electrons. The van der Waals surface area contributed by atoms with E-state index in [-0.39, 0.29) is 5.82 Å². The van der Waals surface area contributed by atoms with Crippen LogP contribution in [0.2, 0.25) is 0 Å². The molecule has 0 saturated carbocycles. The number of hydrogen-bond acceptors (Lipinski definition) is 3. The molecule has 0 spiro atoms. The Hall–Kier alpha value is -2.93. The van der Waals surface area contributed by atoms with Gasteiger partial charge >= 0.3 is 0 Å². The topological polar surface area (TPSA) is 42.0 Å². The molecule has 1 aromatic heterocycles. The van der Waals surface area contributed by atoms with Crippen molar-refractivity contribution >= 4 is 28.5 Å². The molecular formula is C18H11F3N2OS. The number of carbonyl (C=O) groups excluding carboxylic acids is 1. The van der Waals surface area contributed by atoms with Crippen molar-refractivity contribution in [2.24, 2.45) is 0 Å². The van der Waals surface area contributed by atoms with Crippen molar-refractivity contribution in [3.05, 3.63) is 76.9 Å². The number of aromatic nitrogens is 1. The number of nitrogens with zero attached hydrogens (tertiary/aromatic N) is 1. The molecule has 0 unspecified atom stereocenters. The van der Waals surface area contributed by atoms with Gasteiger partial charge in [-0.1, -0.05) is 12.1 Å². The van der Waals surface area contributed by atoms with Crippen molar-refractivity contribution in [3.8, 4) is 11.3 Å². The first-order valence-electron chi connectivity index (χ1n) is 7.17. The van der Waals surface area contributed by atoms with E-state index in [9.17, 15) is 18.0 Å². The van der Waals surface area contributed by atoms with Crippen LogP contribution in [0, 0.1) is 17.5 Å². The van der Waals surface area contributed by atoms with Crippen LogP contribution in [0.4, 0.5) is 18.3 Å². The summed E-state index contributed by atoms with van der Waals surface area (Å²) in [7, 11) is 0. The van der Waals surface area contributed by atoms with E-state index in [0.717, 1.165) is 23.5 Å². The van der Waals surface area contributed by atoms with E-state index in [1.165, 1.54) is 24.3 Å². The molecule has 0 saturated heterocycles. The first kappa shape index (κ1) is 16.9. The maximum Gasteiger partial charge on any atom is 0.250 e. The molecule has 3 aromatic rings. The molecule has 3 rings (SSSR count). The van der Waals surface area contributed by atoms with E-state index >= 15 is 0 Å². The van der Waals surface area contributed by atoms with Gasteiger partial charge in [-0.3, -0.25) is 10.1 Å². The van der Waals surface area contributed by atoms with Gasteiger partial charge in [0.2, 0.25) is 5.91 Å². The van der Waals surface area contributed by atoms with E-state index < -0.39 is 17.5 Å². The Balaban J connectivity index is 1.67. The number of carbonyl (C=O) groups is 1. The smallest absolute Gasteiger partial charge is 0.250 e. The van der Waals surface area contributed by atoms with Crippen LogP contribution in [0.3, 0.4) is 0 Å². The van der Waals surface area contributed by atoms with Crippen LogP contribution in [-0.4, -0.2) is 10.9 Å². The van der Waals surface area contributed by atoms with Crippen LogP contribution in [0.25, 0.3) is 17.3 Å². The third kappa shape index (κ3) is 4.33. The number of rotatable bonds is 4. The number of amides is 1. The summed E-state index contributed by atoms with van der Waals surface area (Å²) < 4.78 is 39.0. The maximum atomic E-state index is 13.3. The van der Waals surface area contributed by atoms with Crippen LogP contribution < -0.4 is 5.32 Å². The summed E-state index contributed by atoms with van der Waals surface area (Å²) >= 11 is 1.16. The standard InChI is InChI=1S/C18H11F3N2OS/c19-13-5-1-11(2-6-13)3-8-17(24)23-18-22-16(10-25-18)12-4-7-14(20)15(21)9-12/h1-10H,(H,22,23,24)/b8-3+. The second-order valence-electron chi connectivity index (χ2n) is 5.04. The van der Waals surface area contributed by atoms with Crippen molar-refractivity contribution in [1.29, 1.82) is 0 Å². The molecule has 1 amide bonds. The Bertz CT molecular complexity index is 936. The molecule has 7 heteroatoms. The van der Waals surface area contributed by atoms with Gasteiger partial charge in [-0.2, -0.15) is 0 Å². The molecule has 0 aliphatic heterocycles. The summed E-state index contributed by atoms with van der Waals surface area (Å²) in [6, 6.07) is 9.16. The first-order valence-corrected chi connectivity index (χ1v) is 8.05. The highest BCUT2D eigenvalue weighted by Crippen LogP contribution is 2.26. The Morgan fingerprint density at radius 2 is 1.80 bits per heavy atom. The van der Waals surface area contributed by atoms with Gasteiger partial charge < -0.3 is 0 Å². The molecular weight excluding hydrogens is 349 g/mol. The Morgan fingerprint density at radius 3 is 2.52 bits per heavy atom. The van der Waals surface area contributed by atoms with Crippen molar-refractivity contribution < 1.29 is 18.0 Å². The number of nitrogens with one attached hydrogen (secondary N) is 1. The minimum Gasteiger partial charge on any atom is -0.298 e. The molecule has 0 aliphatic carbocycles. The lowest BCUT2D eigenvalue weighted by molar-refractivity contribution is -0.111. The van der Waals surface area contributed by atoms with Gasteiger partial charge in [-0.15, -0.1) is 11.3 Å². The van der Waals surface area contributed by atoms with E-state index in [4.69, 9.17) is 0 Å². The lowest BCUT2D eigenvalue weighted by Crippen LogP contribution is -2.07. The highest BCUT2D eigenvalue weighted by molar-refractivity contribution is 7.14. The van der Waals surface area contributed by atoms with E-state index in [2.05, 4.69) is 10.3 Å². The maximum absolute atomic E-state index is 13.3. The molecule has 25 heavy (non-hydrogen) atoms. The largest absolute Gasteiger partial charge is 0.298 e. The lowest BCUT2D eigenvalue weighted by atomic mass is 10.2. The van der Waals surface area contributed by atoms with Crippen LogP contribution in [0.5, 0.6) is 0 Å². The zero-order chi connectivity index (χ0) is 17.8. The number of hydrogen-bond donors (Lipinski definition) is 1. The van der Waals surface area contributed by atoms with E-state index in [1.54, 1.807) is 23.6 Å². The Morgan fingerprint density at radius 1 is 1.04 bits per heavy atom. The highest BCUT2D eigenvalue weighted by Gasteiger charge is 2.09. The number of benzene rings is 2. The zero-order valence-electron chi connectivity index (χ0n) is 12.7. The van der Waals surface area contributed by atoms with E-state index in [0.29, 0.717) is 22.0 Å². The Kier molecular flexibility index (Phi) is 4.95. The van der Waals surface area contributed by atoms with Gasteiger partial charge in [0.1, 0.15) is 5.82 Å². The minimum absolute atomic E-state index is 0.327. The normalized spacial score (nSPS) is 11.0. The molecule has 0 aliphatic rings. The Labute approximate surface area is 145 Å². The van der Waals surface area contributed by atoms with Crippen molar-refractivity contribution in [2.75, 3.05) is 5.32 Å². The van der Waals surface area contributed by atoms with Crippen LogP contribution in [0.15, 0.2) is 53.9 Å². The second-order valence-corrected chi connectivity index (χ2v) is 5.90. The van der Waals surface area contributed by atoms with Crippen LogP contribution >= 0.6 is 11.3 Å². The summed E-state index contributed by atoms with van der Waals surface area (Å²) in [4.78, 5) is 16.1. The van der Waals surface area contributed by atoms with Gasteiger partial charge in [0, 0.05) is 17.0 Å². The summed E-state index contributed by atoms with van der Waals surface area (Å²) in [6.07, 6.45) is 2.84.